The molecule has 0 saturated carbocycles. The van der Waals surface area contributed by atoms with Crippen molar-refractivity contribution in [2.75, 3.05) is 18.5 Å². The number of anilines is 1. The minimum Gasteiger partial charge on any atom is -0.481 e. The highest BCUT2D eigenvalue weighted by atomic mass is 32.2. The molecule has 0 radical (unpaired) electrons. The van der Waals surface area contributed by atoms with Crippen molar-refractivity contribution < 1.29 is 21.9 Å². The molecular formula is C11H13F2N5O3S. The molecule has 2 rings (SSSR count). The first kappa shape index (κ1) is 16.1. The van der Waals surface area contributed by atoms with Crippen LogP contribution in [0.4, 0.5) is 14.7 Å². The number of hydrogen-bond acceptors (Lipinski definition) is 6. The molecule has 2 aromatic rings. The number of nitrogens with zero attached hydrogens (tertiary/aromatic N) is 5. The van der Waals surface area contributed by atoms with E-state index in [2.05, 4.69) is 15.1 Å². The van der Waals surface area contributed by atoms with Gasteiger partial charge in [0.25, 0.3) is 16.4 Å². The van der Waals surface area contributed by atoms with Gasteiger partial charge in [-0.15, -0.1) is 0 Å². The van der Waals surface area contributed by atoms with E-state index >= 15 is 0 Å². The predicted molar refractivity (Wildman–Crippen MR) is 72.4 cm³/mol. The summed E-state index contributed by atoms with van der Waals surface area (Å²) in [4.78, 5) is 7.51. The molecule has 11 heteroatoms. The van der Waals surface area contributed by atoms with Crippen LogP contribution < -0.4 is 9.04 Å². The van der Waals surface area contributed by atoms with E-state index in [9.17, 15) is 17.2 Å². The van der Waals surface area contributed by atoms with E-state index in [-0.39, 0.29) is 16.7 Å². The molecule has 0 unspecified atom stereocenters. The van der Waals surface area contributed by atoms with Gasteiger partial charge in [-0.05, 0) is 0 Å². The van der Waals surface area contributed by atoms with Gasteiger partial charge in [-0.2, -0.15) is 10.1 Å². The second-order valence-electron chi connectivity index (χ2n) is 4.16. The minimum absolute atomic E-state index is 0.110. The predicted octanol–water partition coefficient (Wildman–Crippen LogP) is 0.772. The van der Waals surface area contributed by atoms with E-state index in [0.29, 0.717) is 0 Å². The van der Waals surface area contributed by atoms with Gasteiger partial charge in [-0.1, -0.05) is 0 Å². The van der Waals surface area contributed by atoms with Crippen molar-refractivity contribution in [1.82, 2.24) is 19.7 Å². The Bertz CT molecular complexity index is 750. The maximum absolute atomic E-state index is 12.4. The summed E-state index contributed by atoms with van der Waals surface area (Å²) in [6.45, 7) is -0.686. The molecule has 0 atom stereocenters. The van der Waals surface area contributed by atoms with Gasteiger partial charge in [-0.25, -0.2) is 26.5 Å². The first-order valence-electron chi connectivity index (χ1n) is 6.01. The monoisotopic (exact) mass is 333 g/mol. The highest BCUT2D eigenvalue weighted by molar-refractivity contribution is 7.92. The van der Waals surface area contributed by atoms with Crippen molar-refractivity contribution >= 4 is 16.0 Å². The molecule has 0 bridgehead atoms. The van der Waals surface area contributed by atoms with Gasteiger partial charge in [0, 0.05) is 25.5 Å². The van der Waals surface area contributed by atoms with Crippen LogP contribution in [0.15, 0.2) is 29.6 Å². The van der Waals surface area contributed by atoms with Crippen LogP contribution in [0.25, 0.3) is 0 Å². The van der Waals surface area contributed by atoms with E-state index in [1.54, 1.807) is 0 Å². The van der Waals surface area contributed by atoms with E-state index < -0.39 is 23.0 Å². The molecule has 2 aromatic heterocycles. The standard InChI is InChI=1S/C11H13F2N5O3S/c1-17(11-14-4-3-10(16-11)21-2)22(19,20)8-5-15-18(6-8)7-9(12)13/h3-6,9H,7H2,1-2H3. The number of ether oxygens (including phenoxy) is 1. The molecule has 2 heterocycles. The van der Waals surface area contributed by atoms with Crippen molar-refractivity contribution in [1.29, 1.82) is 0 Å². The molecule has 0 amide bonds. The zero-order valence-electron chi connectivity index (χ0n) is 11.7. The Hall–Kier alpha value is -2.30. The van der Waals surface area contributed by atoms with Crippen molar-refractivity contribution in [2.45, 2.75) is 17.9 Å². The van der Waals surface area contributed by atoms with Gasteiger partial charge in [0.05, 0.1) is 13.3 Å². The summed E-state index contributed by atoms with van der Waals surface area (Å²) in [5.41, 5.74) is 0. The van der Waals surface area contributed by atoms with Crippen LogP contribution in [-0.4, -0.2) is 48.7 Å². The molecule has 0 aliphatic rings. The summed E-state index contributed by atoms with van der Waals surface area (Å²) >= 11 is 0. The second kappa shape index (κ2) is 6.22. The lowest BCUT2D eigenvalue weighted by Gasteiger charge is -2.16. The fourth-order valence-electron chi connectivity index (χ4n) is 1.58. The molecule has 0 fully saturated rings. The minimum atomic E-state index is -4.01. The third-order valence-electron chi connectivity index (χ3n) is 2.70. The van der Waals surface area contributed by atoms with Crippen molar-refractivity contribution in [3.05, 3.63) is 24.7 Å². The van der Waals surface area contributed by atoms with E-state index in [1.165, 1.54) is 26.4 Å². The molecule has 0 aliphatic heterocycles. The fraction of sp³-hybridized carbons (Fsp3) is 0.364. The first-order chi connectivity index (χ1) is 10.3. The normalized spacial score (nSPS) is 11.7. The van der Waals surface area contributed by atoms with Gasteiger partial charge in [0.2, 0.25) is 11.8 Å². The summed E-state index contributed by atoms with van der Waals surface area (Å²) in [5, 5.41) is 3.60. The van der Waals surface area contributed by atoms with Crippen LogP contribution in [0.3, 0.4) is 0 Å². The number of hydrogen-bond donors (Lipinski definition) is 0. The maximum atomic E-state index is 12.4. The topological polar surface area (TPSA) is 90.2 Å². The molecule has 0 aliphatic carbocycles. The average molecular weight is 333 g/mol. The summed E-state index contributed by atoms with van der Waals surface area (Å²) < 4.78 is 55.9. The van der Waals surface area contributed by atoms with Gasteiger partial charge in [-0.3, -0.25) is 4.68 Å². The summed E-state index contributed by atoms with van der Waals surface area (Å²) in [6, 6.07) is 1.46. The Kier molecular flexibility index (Phi) is 4.54. The Morgan fingerprint density at radius 3 is 2.82 bits per heavy atom. The summed E-state index contributed by atoms with van der Waals surface area (Å²) in [5.74, 6) is 0.0846. The smallest absolute Gasteiger partial charge is 0.269 e. The summed E-state index contributed by atoms with van der Waals surface area (Å²) in [7, 11) is -1.38. The average Bonchev–Trinajstić information content (AvgIpc) is 2.95. The van der Waals surface area contributed by atoms with Crippen LogP contribution in [-0.2, 0) is 16.6 Å². The number of alkyl halides is 2. The van der Waals surface area contributed by atoms with Crippen LogP contribution in [0.2, 0.25) is 0 Å². The molecule has 8 nitrogen and oxygen atoms in total. The fourth-order valence-corrected chi connectivity index (χ4v) is 2.64. The molecular weight excluding hydrogens is 320 g/mol. The number of methoxy groups -OCH3 is 1. The van der Waals surface area contributed by atoms with Crippen molar-refractivity contribution in [3.8, 4) is 5.88 Å². The lowest BCUT2D eigenvalue weighted by Crippen LogP contribution is -2.28. The first-order valence-corrected chi connectivity index (χ1v) is 7.45. The number of halogens is 2. The lowest BCUT2D eigenvalue weighted by molar-refractivity contribution is 0.121. The number of sulfonamides is 1. The highest BCUT2D eigenvalue weighted by Crippen LogP contribution is 2.19. The van der Waals surface area contributed by atoms with E-state index in [4.69, 9.17) is 4.74 Å². The van der Waals surface area contributed by atoms with E-state index in [1.807, 2.05) is 0 Å². The maximum Gasteiger partial charge on any atom is 0.269 e. The number of rotatable bonds is 6. The van der Waals surface area contributed by atoms with Crippen LogP contribution in [0.5, 0.6) is 5.88 Å². The zero-order valence-corrected chi connectivity index (χ0v) is 12.5. The Balaban J connectivity index is 2.30. The molecule has 22 heavy (non-hydrogen) atoms. The van der Waals surface area contributed by atoms with Gasteiger partial charge in [0.15, 0.2) is 0 Å². The number of aromatic nitrogens is 4. The van der Waals surface area contributed by atoms with Gasteiger partial charge >= 0.3 is 0 Å². The lowest BCUT2D eigenvalue weighted by atomic mass is 10.6. The van der Waals surface area contributed by atoms with Crippen LogP contribution in [0, 0.1) is 0 Å². The SMILES string of the molecule is COc1ccnc(N(C)S(=O)(=O)c2cnn(CC(F)F)c2)n1. The molecule has 0 saturated heterocycles. The third kappa shape index (κ3) is 3.30. The Labute approximate surface area is 125 Å². The summed E-state index contributed by atoms with van der Waals surface area (Å²) in [6.07, 6.45) is 0.731. The Morgan fingerprint density at radius 2 is 2.18 bits per heavy atom. The second-order valence-corrected chi connectivity index (χ2v) is 6.13. The quantitative estimate of drug-likeness (QED) is 0.776. The highest BCUT2D eigenvalue weighted by Gasteiger charge is 2.25. The largest absolute Gasteiger partial charge is 0.481 e. The van der Waals surface area contributed by atoms with Crippen LogP contribution in [0.1, 0.15) is 0 Å². The van der Waals surface area contributed by atoms with Crippen LogP contribution >= 0.6 is 0 Å². The molecule has 0 N–H and O–H groups in total. The Morgan fingerprint density at radius 1 is 1.45 bits per heavy atom. The van der Waals surface area contributed by atoms with Gasteiger partial charge in [0.1, 0.15) is 11.4 Å². The zero-order chi connectivity index (χ0) is 16.3. The van der Waals surface area contributed by atoms with Crippen molar-refractivity contribution in [3.63, 3.8) is 0 Å². The molecule has 0 spiro atoms. The molecule has 0 aromatic carbocycles. The van der Waals surface area contributed by atoms with Gasteiger partial charge < -0.3 is 4.74 Å². The van der Waals surface area contributed by atoms with Crippen molar-refractivity contribution in [2.24, 2.45) is 0 Å². The molecule has 120 valence electrons. The van der Waals surface area contributed by atoms with E-state index in [0.717, 1.165) is 21.4 Å². The third-order valence-corrected chi connectivity index (χ3v) is 4.39.